The highest BCUT2D eigenvalue weighted by Gasteiger charge is 2.10. The average Bonchev–Trinajstić information content (AvgIpc) is 2.98. The van der Waals surface area contributed by atoms with Crippen LogP contribution in [0.2, 0.25) is 5.02 Å². The third-order valence-electron chi connectivity index (χ3n) is 3.16. The topological polar surface area (TPSA) is 51.0 Å². The van der Waals surface area contributed by atoms with Crippen molar-refractivity contribution in [3.05, 3.63) is 64.8 Å². The van der Waals surface area contributed by atoms with E-state index in [1.165, 1.54) is 6.07 Å². The number of nitrogens with one attached hydrogen (secondary N) is 1. The highest BCUT2D eigenvalue weighted by Crippen LogP contribution is 2.22. The fourth-order valence-electron chi connectivity index (χ4n) is 1.96. The van der Waals surface area contributed by atoms with E-state index in [0.717, 1.165) is 11.1 Å². The lowest BCUT2D eigenvalue weighted by molar-refractivity contribution is 0.384. The Labute approximate surface area is 131 Å². The van der Waals surface area contributed by atoms with Crippen LogP contribution in [-0.4, -0.2) is 10.1 Å². The molecule has 0 atom stereocenters. The first kappa shape index (κ1) is 14.5. The lowest BCUT2D eigenvalue weighted by atomic mass is 10.1. The van der Waals surface area contributed by atoms with Crippen LogP contribution in [0.25, 0.3) is 11.4 Å². The molecule has 3 rings (SSSR count). The number of hydrogen-bond donors (Lipinski definition) is 1. The van der Waals surface area contributed by atoms with Crippen LogP contribution >= 0.6 is 11.6 Å². The lowest BCUT2D eigenvalue weighted by Crippen LogP contribution is -2.02. The van der Waals surface area contributed by atoms with Gasteiger partial charge in [0.05, 0.1) is 17.3 Å². The minimum atomic E-state index is -0.498. The third kappa shape index (κ3) is 3.09. The fraction of sp³-hybridized carbons (Fsp3) is 0.125. The Morgan fingerprint density at radius 3 is 2.73 bits per heavy atom. The average molecular weight is 318 g/mol. The Kier molecular flexibility index (Phi) is 4.06. The second-order valence-electron chi connectivity index (χ2n) is 4.83. The van der Waals surface area contributed by atoms with E-state index in [1.807, 2.05) is 31.2 Å². The van der Waals surface area contributed by atoms with Gasteiger partial charge in [0.15, 0.2) is 5.82 Å². The van der Waals surface area contributed by atoms with Gasteiger partial charge in [0.2, 0.25) is 11.7 Å². The number of halogens is 2. The molecule has 4 nitrogen and oxygen atoms in total. The van der Waals surface area contributed by atoms with Gasteiger partial charge in [-0.05, 0) is 19.1 Å². The summed E-state index contributed by atoms with van der Waals surface area (Å²) in [6, 6.07) is 12.6. The molecular weight excluding hydrogens is 305 g/mol. The van der Waals surface area contributed by atoms with Gasteiger partial charge in [-0.2, -0.15) is 4.98 Å². The molecule has 1 N–H and O–H groups in total. The molecule has 3 aromatic rings. The zero-order valence-electron chi connectivity index (χ0n) is 11.8. The van der Waals surface area contributed by atoms with Gasteiger partial charge in [-0.1, -0.05) is 52.7 Å². The molecule has 0 saturated heterocycles. The zero-order chi connectivity index (χ0) is 15.5. The van der Waals surface area contributed by atoms with Gasteiger partial charge in [0.25, 0.3) is 0 Å². The van der Waals surface area contributed by atoms with Crippen molar-refractivity contribution in [3.63, 3.8) is 0 Å². The summed E-state index contributed by atoms with van der Waals surface area (Å²) in [5.41, 5.74) is 2.32. The van der Waals surface area contributed by atoms with Gasteiger partial charge in [-0.15, -0.1) is 0 Å². The zero-order valence-corrected chi connectivity index (χ0v) is 12.6. The van der Waals surface area contributed by atoms with Gasteiger partial charge >= 0.3 is 0 Å². The Morgan fingerprint density at radius 2 is 1.95 bits per heavy atom. The first-order chi connectivity index (χ1) is 10.6. The van der Waals surface area contributed by atoms with Crippen LogP contribution in [0.4, 0.5) is 10.1 Å². The Morgan fingerprint density at radius 1 is 1.18 bits per heavy atom. The van der Waals surface area contributed by atoms with Crippen molar-refractivity contribution < 1.29 is 8.91 Å². The smallest absolute Gasteiger partial charge is 0.246 e. The van der Waals surface area contributed by atoms with Crippen LogP contribution in [0.5, 0.6) is 0 Å². The normalized spacial score (nSPS) is 10.7. The van der Waals surface area contributed by atoms with Crippen LogP contribution in [0.15, 0.2) is 47.0 Å². The number of aryl methyl sites for hydroxylation is 1. The van der Waals surface area contributed by atoms with E-state index < -0.39 is 5.82 Å². The van der Waals surface area contributed by atoms with Crippen molar-refractivity contribution in [3.8, 4) is 11.4 Å². The van der Waals surface area contributed by atoms with Crippen molar-refractivity contribution in [2.45, 2.75) is 13.5 Å². The maximum atomic E-state index is 13.8. The van der Waals surface area contributed by atoms with Crippen molar-refractivity contribution in [1.82, 2.24) is 10.1 Å². The summed E-state index contributed by atoms with van der Waals surface area (Å²) < 4.78 is 18.9. The molecule has 0 saturated carbocycles. The molecule has 2 aromatic carbocycles. The van der Waals surface area contributed by atoms with Crippen LogP contribution in [0.1, 0.15) is 11.5 Å². The van der Waals surface area contributed by atoms with Gasteiger partial charge in [0.1, 0.15) is 0 Å². The van der Waals surface area contributed by atoms with E-state index in [4.69, 9.17) is 16.1 Å². The van der Waals surface area contributed by atoms with Gasteiger partial charge in [0, 0.05) is 5.56 Å². The molecule has 0 aliphatic rings. The molecule has 0 spiro atoms. The number of rotatable bonds is 4. The Hall–Kier alpha value is -2.40. The van der Waals surface area contributed by atoms with E-state index in [-0.39, 0.29) is 11.6 Å². The van der Waals surface area contributed by atoms with Crippen molar-refractivity contribution in [1.29, 1.82) is 0 Å². The third-order valence-corrected chi connectivity index (χ3v) is 3.45. The van der Waals surface area contributed by atoms with E-state index in [9.17, 15) is 4.39 Å². The molecule has 1 heterocycles. The number of nitrogens with zero attached hydrogens (tertiary/aromatic N) is 2. The molecule has 6 heteroatoms. The number of anilines is 1. The molecule has 0 unspecified atom stereocenters. The van der Waals surface area contributed by atoms with Crippen molar-refractivity contribution in [2.24, 2.45) is 0 Å². The summed E-state index contributed by atoms with van der Waals surface area (Å²) in [7, 11) is 0. The number of benzene rings is 2. The molecule has 112 valence electrons. The first-order valence-electron chi connectivity index (χ1n) is 6.71. The molecule has 22 heavy (non-hydrogen) atoms. The van der Waals surface area contributed by atoms with Crippen molar-refractivity contribution >= 4 is 17.3 Å². The van der Waals surface area contributed by atoms with E-state index >= 15 is 0 Å². The summed E-state index contributed by atoms with van der Waals surface area (Å²) in [5.74, 6) is 0.376. The van der Waals surface area contributed by atoms with E-state index in [1.54, 1.807) is 12.1 Å². The molecule has 0 aliphatic carbocycles. The quantitative estimate of drug-likeness (QED) is 0.772. The number of aromatic nitrogens is 2. The van der Waals surface area contributed by atoms with Gasteiger partial charge < -0.3 is 9.84 Å². The predicted molar refractivity (Wildman–Crippen MR) is 83.2 cm³/mol. The van der Waals surface area contributed by atoms with Gasteiger partial charge in [-0.25, -0.2) is 4.39 Å². The standard InChI is InChI=1S/C16H13ClFN3O/c1-10-5-7-11(8-6-10)16-20-14(22-21-16)9-19-13-4-2-3-12(17)15(13)18/h2-8,19H,9H2,1H3. The Balaban J connectivity index is 1.72. The lowest BCUT2D eigenvalue weighted by Gasteiger charge is -2.05. The summed E-state index contributed by atoms with van der Waals surface area (Å²) in [6.45, 7) is 2.23. The largest absolute Gasteiger partial charge is 0.374 e. The highest BCUT2D eigenvalue weighted by molar-refractivity contribution is 6.31. The molecule has 0 aliphatic heterocycles. The Bertz CT molecular complexity index is 786. The van der Waals surface area contributed by atoms with E-state index in [0.29, 0.717) is 17.4 Å². The summed E-state index contributed by atoms with van der Waals surface area (Å²) in [6.07, 6.45) is 0. The van der Waals surface area contributed by atoms with Crippen LogP contribution in [0, 0.1) is 12.7 Å². The molecule has 0 amide bonds. The first-order valence-corrected chi connectivity index (χ1v) is 7.09. The molecule has 0 fully saturated rings. The molecule has 0 radical (unpaired) electrons. The maximum Gasteiger partial charge on any atom is 0.246 e. The molecular formula is C16H13ClFN3O. The molecule has 0 bridgehead atoms. The maximum absolute atomic E-state index is 13.8. The summed E-state index contributed by atoms with van der Waals surface area (Å²) in [4.78, 5) is 4.28. The minimum Gasteiger partial charge on any atom is -0.374 e. The van der Waals surface area contributed by atoms with Crippen molar-refractivity contribution in [2.75, 3.05) is 5.32 Å². The van der Waals surface area contributed by atoms with Gasteiger partial charge in [-0.3, -0.25) is 0 Å². The summed E-state index contributed by atoms with van der Waals surface area (Å²) in [5, 5.41) is 6.88. The minimum absolute atomic E-state index is 0.0656. The second-order valence-corrected chi connectivity index (χ2v) is 5.24. The molecule has 1 aromatic heterocycles. The van der Waals surface area contributed by atoms with Crippen LogP contribution < -0.4 is 5.32 Å². The number of hydrogen-bond acceptors (Lipinski definition) is 4. The summed E-state index contributed by atoms with van der Waals surface area (Å²) >= 11 is 5.73. The SMILES string of the molecule is Cc1ccc(-c2noc(CNc3cccc(Cl)c3F)n2)cc1. The fourth-order valence-corrected chi connectivity index (χ4v) is 2.13. The monoisotopic (exact) mass is 317 g/mol. The predicted octanol–water partition coefficient (Wildman–Crippen LogP) is 4.45. The highest BCUT2D eigenvalue weighted by atomic mass is 35.5. The second kappa shape index (κ2) is 6.15. The van der Waals surface area contributed by atoms with Crippen LogP contribution in [-0.2, 0) is 6.54 Å². The van der Waals surface area contributed by atoms with Crippen LogP contribution in [0.3, 0.4) is 0 Å². The van der Waals surface area contributed by atoms with E-state index in [2.05, 4.69) is 15.5 Å².